The molecule has 0 fully saturated rings. The van der Waals surface area contributed by atoms with E-state index in [1.807, 2.05) is 6.26 Å². The van der Waals surface area contributed by atoms with Crippen LogP contribution >= 0.6 is 11.8 Å². The van der Waals surface area contributed by atoms with Crippen LogP contribution in [0, 0.1) is 5.92 Å². The zero-order valence-electron chi connectivity index (χ0n) is 15.8. The molecule has 7 nitrogen and oxygen atoms in total. The fourth-order valence-corrected chi connectivity index (χ4v) is 2.90. The van der Waals surface area contributed by atoms with E-state index >= 15 is 0 Å². The third kappa shape index (κ3) is 7.09. The molecule has 0 amide bonds. The van der Waals surface area contributed by atoms with Crippen LogP contribution < -0.4 is 10.6 Å². The Balaban J connectivity index is 2.45. The summed E-state index contributed by atoms with van der Waals surface area (Å²) in [4.78, 5) is 4.23. The normalized spacial score (nSPS) is 13.4. The first-order valence-electron chi connectivity index (χ1n) is 8.44. The standard InChI is InChI=1S/C16H32N6OS/c1-12(2)10-22-14(20-21-16(22)24-6)8-7-9-18-15(17-4)19-13(3)11-23-5/h12-13H,7-11H2,1-6H3,(H2,17,18,19). The molecule has 1 unspecified atom stereocenters. The smallest absolute Gasteiger partial charge is 0.191 e. The number of methoxy groups -OCH3 is 1. The first-order chi connectivity index (χ1) is 11.5. The quantitative estimate of drug-likeness (QED) is 0.288. The summed E-state index contributed by atoms with van der Waals surface area (Å²) < 4.78 is 7.36. The Morgan fingerprint density at radius 3 is 2.67 bits per heavy atom. The fourth-order valence-electron chi connectivity index (χ4n) is 2.38. The lowest BCUT2D eigenvalue weighted by molar-refractivity contribution is 0.179. The zero-order chi connectivity index (χ0) is 17.9. The van der Waals surface area contributed by atoms with Crippen LogP contribution in [0.2, 0.25) is 0 Å². The molecule has 2 N–H and O–H groups in total. The number of nitrogens with one attached hydrogen (secondary N) is 2. The highest BCUT2D eigenvalue weighted by Crippen LogP contribution is 2.16. The third-order valence-electron chi connectivity index (χ3n) is 3.42. The number of nitrogens with zero attached hydrogens (tertiary/aromatic N) is 4. The second kappa shape index (κ2) is 11.3. The van der Waals surface area contributed by atoms with Gasteiger partial charge in [0, 0.05) is 39.7 Å². The maximum Gasteiger partial charge on any atom is 0.191 e. The van der Waals surface area contributed by atoms with E-state index in [-0.39, 0.29) is 6.04 Å². The van der Waals surface area contributed by atoms with Crippen molar-refractivity contribution < 1.29 is 4.74 Å². The van der Waals surface area contributed by atoms with Crippen molar-refractivity contribution in [3.8, 4) is 0 Å². The number of aromatic nitrogens is 3. The summed E-state index contributed by atoms with van der Waals surface area (Å²) in [5.41, 5.74) is 0. The van der Waals surface area contributed by atoms with Gasteiger partial charge < -0.3 is 19.9 Å². The average molecular weight is 357 g/mol. The van der Waals surface area contributed by atoms with E-state index in [2.05, 4.69) is 51.2 Å². The predicted octanol–water partition coefficient (Wildman–Crippen LogP) is 1.79. The predicted molar refractivity (Wildman–Crippen MR) is 101 cm³/mol. The van der Waals surface area contributed by atoms with Crippen molar-refractivity contribution in [2.75, 3.05) is 33.6 Å². The number of rotatable bonds is 10. The molecule has 138 valence electrons. The molecule has 24 heavy (non-hydrogen) atoms. The lowest BCUT2D eigenvalue weighted by Gasteiger charge is -2.17. The summed E-state index contributed by atoms with van der Waals surface area (Å²) in [5, 5.41) is 16.3. The SMILES string of the molecule is CN=C(NCCCc1nnc(SC)n1CC(C)C)NC(C)COC. The van der Waals surface area contributed by atoms with E-state index in [0.29, 0.717) is 12.5 Å². The van der Waals surface area contributed by atoms with Gasteiger partial charge in [-0.05, 0) is 25.5 Å². The number of ether oxygens (including phenoxy) is 1. The largest absolute Gasteiger partial charge is 0.383 e. The molecule has 0 radical (unpaired) electrons. The summed E-state index contributed by atoms with van der Waals surface area (Å²) >= 11 is 1.65. The molecule has 0 spiro atoms. The number of hydrogen-bond acceptors (Lipinski definition) is 5. The van der Waals surface area contributed by atoms with Crippen molar-refractivity contribution in [3.05, 3.63) is 5.82 Å². The molecular weight excluding hydrogens is 324 g/mol. The van der Waals surface area contributed by atoms with Gasteiger partial charge in [0.15, 0.2) is 11.1 Å². The monoisotopic (exact) mass is 356 g/mol. The third-order valence-corrected chi connectivity index (χ3v) is 4.08. The van der Waals surface area contributed by atoms with E-state index in [9.17, 15) is 0 Å². The number of guanidine groups is 1. The van der Waals surface area contributed by atoms with E-state index in [1.54, 1.807) is 25.9 Å². The minimum atomic E-state index is 0.222. The van der Waals surface area contributed by atoms with Crippen molar-refractivity contribution in [1.82, 2.24) is 25.4 Å². The Labute approximate surface area is 150 Å². The molecule has 0 bridgehead atoms. The number of thioether (sulfide) groups is 1. The molecule has 1 rings (SSSR count). The van der Waals surface area contributed by atoms with Crippen molar-refractivity contribution in [2.24, 2.45) is 10.9 Å². The van der Waals surface area contributed by atoms with Crippen molar-refractivity contribution in [3.63, 3.8) is 0 Å². The minimum Gasteiger partial charge on any atom is -0.383 e. The summed E-state index contributed by atoms with van der Waals surface area (Å²) in [6.45, 7) is 8.94. The van der Waals surface area contributed by atoms with Gasteiger partial charge in [0.05, 0.1) is 6.61 Å². The molecular formula is C16H32N6OS. The van der Waals surface area contributed by atoms with Gasteiger partial charge in [0.1, 0.15) is 5.82 Å². The molecule has 1 atom stereocenters. The van der Waals surface area contributed by atoms with Crippen LogP contribution in [0.4, 0.5) is 0 Å². The van der Waals surface area contributed by atoms with Gasteiger partial charge in [-0.25, -0.2) is 0 Å². The topological polar surface area (TPSA) is 76.4 Å². The van der Waals surface area contributed by atoms with Gasteiger partial charge in [-0.15, -0.1) is 10.2 Å². The van der Waals surface area contributed by atoms with Gasteiger partial charge >= 0.3 is 0 Å². The zero-order valence-corrected chi connectivity index (χ0v) is 16.6. The fraction of sp³-hybridized carbons (Fsp3) is 0.812. The van der Waals surface area contributed by atoms with Crippen LogP contribution in [0.5, 0.6) is 0 Å². The Morgan fingerprint density at radius 1 is 1.33 bits per heavy atom. The second-order valence-corrected chi connectivity index (χ2v) is 6.98. The summed E-state index contributed by atoms with van der Waals surface area (Å²) in [6.07, 6.45) is 3.92. The Bertz CT molecular complexity index is 503. The van der Waals surface area contributed by atoms with Crippen molar-refractivity contribution in [2.45, 2.75) is 51.4 Å². The molecule has 1 aromatic heterocycles. The second-order valence-electron chi connectivity index (χ2n) is 6.21. The van der Waals surface area contributed by atoms with Crippen LogP contribution in [0.25, 0.3) is 0 Å². The molecule has 0 saturated heterocycles. The average Bonchev–Trinajstić information content (AvgIpc) is 2.91. The first-order valence-corrected chi connectivity index (χ1v) is 9.66. The van der Waals surface area contributed by atoms with Crippen LogP contribution in [0.3, 0.4) is 0 Å². The number of aliphatic imine (C=N–C) groups is 1. The van der Waals surface area contributed by atoms with Gasteiger partial charge in [0.2, 0.25) is 0 Å². The van der Waals surface area contributed by atoms with Crippen LogP contribution in [0.15, 0.2) is 10.1 Å². The molecule has 1 heterocycles. The van der Waals surface area contributed by atoms with Crippen molar-refractivity contribution in [1.29, 1.82) is 0 Å². The van der Waals surface area contributed by atoms with E-state index in [1.165, 1.54) is 0 Å². The number of hydrogen-bond donors (Lipinski definition) is 2. The van der Waals surface area contributed by atoms with Crippen LogP contribution in [0.1, 0.15) is 33.0 Å². The highest BCUT2D eigenvalue weighted by Gasteiger charge is 2.12. The Morgan fingerprint density at radius 2 is 2.08 bits per heavy atom. The molecule has 0 aliphatic carbocycles. The van der Waals surface area contributed by atoms with Crippen molar-refractivity contribution >= 4 is 17.7 Å². The van der Waals surface area contributed by atoms with E-state index < -0.39 is 0 Å². The first kappa shape index (κ1) is 20.8. The highest BCUT2D eigenvalue weighted by atomic mass is 32.2. The molecule has 1 aromatic rings. The maximum atomic E-state index is 5.12. The van der Waals surface area contributed by atoms with E-state index in [4.69, 9.17) is 4.74 Å². The Hall–Kier alpha value is -1.28. The van der Waals surface area contributed by atoms with E-state index in [0.717, 1.165) is 42.9 Å². The van der Waals surface area contributed by atoms with Gasteiger partial charge in [0.25, 0.3) is 0 Å². The van der Waals surface area contributed by atoms with Crippen LogP contribution in [-0.4, -0.2) is 60.3 Å². The number of aryl methyl sites for hydroxylation is 1. The molecule has 8 heteroatoms. The molecule has 0 aliphatic rings. The summed E-state index contributed by atoms with van der Waals surface area (Å²) in [6, 6.07) is 0.222. The molecule has 0 saturated carbocycles. The van der Waals surface area contributed by atoms with Gasteiger partial charge in [-0.2, -0.15) is 0 Å². The molecule has 0 aromatic carbocycles. The highest BCUT2D eigenvalue weighted by molar-refractivity contribution is 7.98. The lowest BCUT2D eigenvalue weighted by atomic mass is 10.2. The van der Waals surface area contributed by atoms with Gasteiger partial charge in [-0.1, -0.05) is 25.6 Å². The lowest BCUT2D eigenvalue weighted by Crippen LogP contribution is -2.44. The summed E-state index contributed by atoms with van der Waals surface area (Å²) in [7, 11) is 3.48. The maximum absolute atomic E-state index is 5.12. The van der Waals surface area contributed by atoms with Crippen LogP contribution in [-0.2, 0) is 17.7 Å². The van der Waals surface area contributed by atoms with Gasteiger partial charge in [-0.3, -0.25) is 4.99 Å². The molecule has 0 aliphatic heterocycles. The Kier molecular flexibility index (Phi) is 9.78. The summed E-state index contributed by atoms with van der Waals surface area (Å²) in [5.74, 6) is 2.44. The minimum absolute atomic E-state index is 0.222.